The maximum atomic E-state index is 11.7. The van der Waals surface area contributed by atoms with E-state index in [1.807, 2.05) is 36.4 Å². The highest BCUT2D eigenvalue weighted by atomic mass is 79.9. The lowest BCUT2D eigenvalue weighted by Gasteiger charge is -2.34. The normalized spacial score (nSPS) is 13.3. The van der Waals surface area contributed by atoms with Gasteiger partial charge in [-0.05, 0) is 136 Å². The molecule has 0 bridgehead atoms. The topological polar surface area (TPSA) is 40.5 Å². The van der Waals surface area contributed by atoms with Gasteiger partial charge in [0.25, 0.3) is 0 Å². The van der Waals surface area contributed by atoms with Gasteiger partial charge in [-0.3, -0.25) is 0 Å². The van der Waals surface area contributed by atoms with Crippen LogP contribution in [0.2, 0.25) is 0 Å². The fourth-order valence-corrected chi connectivity index (χ4v) is 8.24. The lowest BCUT2D eigenvalue weighted by molar-refractivity contribution is 0.473. The first-order chi connectivity index (χ1) is 20.5. The molecule has 2 aliphatic rings. The Labute approximate surface area is 261 Å². The number of phenolic OH excluding ortho intramolecular Hbond substituents is 2. The van der Waals surface area contributed by atoms with Crippen LogP contribution in [0.15, 0.2) is 106 Å². The van der Waals surface area contributed by atoms with E-state index in [1.165, 1.54) is 44.2 Å². The molecule has 42 heavy (non-hydrogen) atoms. The van der Waals surface area contributed by atoms with Gasteiger partial charge in [-0.25, -0.2) is 0 Å². The highest BCUT2D eigenvalue weighted by Crippen LogP contribution is 2.57. The zero-order chi connectivity index (χ0) is 28.5. The van der Waals surface area contributed by atoms with Crippen molar-refractivity contribution in [3.8, 4) is 56.0 Å². The minimum Gasteiger partial charge on any atom is -0.506 e. The van der Waals surface area contributed by atoms with Crippen LogP contribution in [0.5, 0.6) is 11.5 Å². The summed E-state index contributed by atoms with van der Waals surface area (Å²) < 4.78 is 1.43. The summed E-state index contributed by atoms with van der Waals surface area (Å²) in [5.41, 5.74) is 13.3. The summed E-state index contributed by atoms with van der Waals surface area (Å²) >= 11 is 7.35. The molecule has 0 unspecified atom stereocenters. The van der Waals surface area contributed by atoms with Crippen LogP contribution in [0.25, 0.3) is 55.3 Å². The van der Waals surface area contributed by atoms with Gasteiger partial charge < -0.3 is 10.2 Å². The monoisotopic (exact) mass is 672 g/mol. The summed E-state index contributed by atoms with van der Waals surface area (Å²) in [6.07, 6.45) is 3.57. The fourth-order valence-electron chi connectivity index (χ4n) is 7.29. The van der Waals surface area contributed by atoms with Crippen molar-refractivity contribution in [1.82, 2.24) is 0 Å². The Hall–Kier alpha value is -3.86. The number of fused-ring (bicyclic) bond motifs is 10. The maximum Gasteiger partial charge on any atom is 0.138 e. The van der Waals surface area contributed by atoms with Crippen LogP contribution in [0.4, 0.5) is 0 Å². The van der Waals surface area contributed by atoms with Crippen LogP contribution in [0.3, 0.4) is 0 Å². The Kier molecular flexibility index (Phi) is 6.06. The summed E-state index contributed by atoms with van der Waals surface area (Å²) in [6.45, 7) is 0. The number of aryl methyl sites for hydroxylation is 4. The number of halogens is 2. The SMILES string of the molecule is Oc1c(Br)cc2c(c1-c1ccccc1)-c1c3c(c4ccccc4c1CC2)CCc1cc(Br)c(O)c(-c2ccccc2)c1-3. The molecule has 0 radical (unpaired) electrons. The third-order valence-corrected chi connectivity index (χ3v) is 10.2. The molecule has 0 spiro atoms. The molecular formula is C38H26Br2O2. The van der Waals surface area contributed by atoms with E-state index in [0.29, 0.717) is 8.95 Å². The number of phenols is 2. The van der Waals surface area contributed by atoms with Crippen LogP contribution in [-0.2, 0) is 25.7 Å². The Morgan fingerprint density at radius 2 is 0.810 bits per heavy atom. The maximum absolute atomic E-state index is 11.7. The van der Waals surface area contributed by atoms with Gasteiger partial charge in [0.2, 0.25) is 0 Å². The molecule has 6 aromatic carbocycles. The number of rotatable bonds is 2. The van der Waals surface area contributed by atoms with Crippen molar-refractivity contribution < 1.29 is 10.2 Å². The predicted octanol–water partition coefficient (Wildman–Crippen LogP) is 10.6. The molecule has 0 fully saturated rings. The van der Waals surface area contributed by atoms with E-state index >= 15 is 0 Å². The van der Waals surface area contributed by atoms with Crippen molar-refractivity contribution in [3.05, 3.63) is 128 Å². The van der Waals surface area contributed by atoms with Crippen LogP contribution in [0, 0.1) is 0 Å². The van der Waals surface area contributed by atoms with Gasteiger partial charge in [0.15, 0.2) is 0 Å². The molecule has 4 heteroatoms. The first kappa shape index (κ1) is 25.8. The summed E-state index contributed by atoms with van der Waals surface area (Å²) in [6, 6.07) is 33.4. The molecule has 0 heterocycles. The van der Waals surface area contributed by atoms with Crippen molar-refractivity contribution in [2.75, 3.05) is 0 Å². The van der Waals surface area contributed by atoms with E-state index < -0.39 is 0 Å². The Bertz CT molecular complexity index is 1920. The second-order valence-electron chi connectivity index (χ2n) is 11.2. The van der Waals surface area contributed by atoms with Gasteiger partial charge in [-0.2, -0.15) is 0 Å². The average molecular weight is 674 g/mol. The summed E-state index contributed by atoms with van der Waals surface area (Å²) in [4.78, 5) is 0. The molecule has 8 rings (SSSR count). The van der Waals surface area contributed by atoms with Crippen molar-refractivity contribution in [2.24, 2.45) is 0 Å². The molecule has 0 aromatic heterocycles. The van der Waals surface area contributed by atoms with Crippen LogP contribution < -0.4 is 0 Å². The molecule has 204 valence electrons. The van der Waals surface area contributed by atoms with Gasteiger partial charge >= 0.3 is 0 Å². The largest absolute Gasteiger partial charge is 0.506 e. The highest BCUT2D eigenvalue weighted by molar-refractivity contribution is 9.11. The van der Waals surface area contributed by atoms with Gasteiger partial charge in [0, 0.05) is 11.1 Å². The minimum atomic E-state index is 0.257. The van der Waals surface area contributed by atoms with Crippen molar-refractivity contribution in [1.29, 1.82) is 0 Å². The zero-order valence-corrected chi connectivity index (χ0v) is 25.9. The molecule has 6 aromatic rings. The summed E-state index contributed by atoms with van der Waals surface area (Å²) in [5, 5.41) is 25.9. The molecular weight excluding hydrogens is 648 g/mol. The molecule has 0 saturated carbocycles. The molecule has 2 N–H and O–H groups in total. The van der Waals surface area contributed by atoms with Gasteiger partial charge in [-0.1, -0.05) is 84.9 Å². The zero-order valence-electron chi connectivity index (χ0n) is 22.7. The first-order valence-corrected chi connectivity index (χ1v) is 15.9. The average Bonchev–Trinajstić information content (AvgIpc) is 3.02. The molecule has 0 amide bonds. The lowest BCUT2D eigenvalue weighted by atomic mass is 9.70. The number of benzene rings is 6. The summed E-state index contributed by atoms with van der Waals surface area (Å²) in [7, 11) is 0. The quantitative estimate of drug-likeness (QED) is 0.192. The molecule has 0 aliphatic heterocycles. The van der Waals surface area contributed by atoms with E-state index in [2.05, 4.69) is 92.5 Å². The predicted molar refractivity (Wildman–Crippen MR) is 179 cm³/mol. The fraction of sp³-hybridized carbons (Fsp3) is 0.105. The molecule has 0 atom stereocenters. The standard InChI is InChI=1S/C38H26Br2O2/c39-29-19-23-15-17-27-25-13-7-8-14-26(25)28-18-16-24-20-30(40)38(42)34(22-11-5-2-6-12-22)32(24)36(28)35(27)31(23)33(37(29)41)21-9-3-1-4-10-21/h1-14,19-20,41-42H,15-18H2. The van der Waals surface area contributed by atoms with Crippen molar-refractivity contribution in [3.63, 3.8) is 0 Å². The highest BCUT2D eigenvalue weighted by Gasteiger charge is 2.34. The number of aromatic hydroxyl groups is 2. The molecule has 0 saturated heterocycles. The van der Waals surface area contributed by atoms with E-state index in [1.54, 1.807) is 0 Å². The van der Waals surface area contributed by atoms with Gasteiger partial charge in [0.1, 0.15) is 11.5 Å². The van der Waals surface area contributed by atoms with Crippen molar-refractivity contribution >= 4 is 42.6 Å². The van der Waals surface area contributed by atoms with E-state index in [0.717, 1.165) is 59.1 Å². The second-order valence-corrected chi connectivity index (χ2v) is 12.9. The third kappa shape index (κ3) is 3.75. The van der Waals surface area contributed by atoms with Crippen LogP contribution >= 0.6 is 31.9 Å². The number of hydrogen-bond acceptors (Lipinski definition) is 2. The summed E-state index contributed by atoms with van der Waals surface area (Å²) in [5.74, 6) is 0.514. The Balaban J connectivity index is 1.60. The second kappa shape index (κ2) is 9.86. The van der Waals surface area contributed by atoms with Crippen LogP contribution in [0.1, 0.15) is 22.3 Å². The third-order valence-electron chi connectivity index (χ3n) is 9.01. The van der Waals surface area contributed by atoms with E-state index in [-0.39, 0.29) is 11.5 Å². The smallest absolute Gasteiger partial charge is 0.138 e. The minimum absolute atomic E-state index is 0.257. The number of hydrogen-bond donors (Lipinski definition) is 2. The van der Waals surface area contributed by atoms with Gasteiger partial charge in [-0.15, -0.1) is 0 Å². The van der Waals surface area contributed by atoms with Gasteiger partial charge in [0.05, 0.1) is 8.95 Å². The van der Waals surface area contributed by atoms with Crippen LogP contribution in [-0.4, -0.2) is 10.2 Å². The molecule has 2 aliphatic carbocycles. The molecule has 2 nitrogen and oxygen atoms in total. The lowest BCUT2D eigenvalue weighted by Crippen LogP contribution is -2.14. The first-order valence-electron chi connectivity index (χ1n) is 14.3. The Morgan fingerprint density at radius 1 is 0.429 bits per heavy atom. The van der Waals surface area contributed by atoms with Crippen molar-refractivity contribution in [2.45, 2.75) is 25.7 Å². The Morgan fingerprint density at radius 3 is 1.21 bits per heavy atom. The van der Waals surface area contributed by atoms with E-state index in [4.69, 9.17) is 0 Å². The van der Waals surface area contributed by atoms with E-state index in [9.17, 15) is 10.2 Å².